The summed E-state index contributed by atoms with van der Waals surface area (Å²) in [6.45, 7) is -0.317. The van der Waals surface area contributed by atoms with Crippen LogP contribution in [0.2, 0.25) is 0 Å². The number of nitrogens with one attached hydrogen (secondary N) is 2. The highest BCUT2D eigenvalue weighted by Crippen LogP contribution is 2.51. The first-order chi connectivity index (χ1) is 27.2. The van der Waals surface area contributed by atoms with Crippen molar-refractivity contribution < 1.29 is 46.9 Å². The Labute approximate surface area is 297 Å². The Hall–Kier alpha value is -4.64. The summed E-state index contributed by atoms with van der Waals surface area (Å²) in [7, 11) is 0. The summed E-state index contributed by atoms with van der Waals surface area (Å²) in [5.74, 6) is -1.70. The summed E-state index contributed by atoms with van der Waals surface area (Å²) in [6.07, 6.45) is -8.21. The number of alkyl halides is 6. The molecule has 0 aromatic heterocycles. The number of rotatable bonds is 10. The van der Waals surface area contributed by atoms with Crippen molar-refractivity contribution in [3.05, 3.63) is 119 Å². The van der Waals surface area contributed by atoms with Crippen LogP contribution >= 0.6 is 0 Å². The van der Waals surface area contributed by atoms with Crippen LogP contribution in [0.4, 0.5) is 26.3 Å². The van der Waals surface area contributed by atoms with Crippen LogP contribution < -0.4 is 10.6 Å². The van der Waals surface area contributed by atoms with Gasteiger partial charge >= 0.3 is 12.4 Å². The number of nitrogens with zero attached hydrogens (tertiary/aromatic N) is 1. The Morgan fingerprint density at radius 2 is 1.40 bits per heavy atom. The highest BCUT2D eigenvalue weighted by atomic mass is 19.4. The molecule has 0 atom stereocenters. The second-order valence-electron chi connectivity index (χ2n) is 12.4. The molecule has 2 aliphatic rings. The zero-order chi connectivity index (χ0) is 42.5. The smallest absolute Gasteiger partial charge is 0.349 e. The number of carbonyl (C=O) groups excluding carboxylic acids is 2. The van der Waals surface area contributed by atoms with Crippen LogP contribution in [0.5, 0.6) is 0 Å². The summed E-state index contributed by atoms with van der Waals surface area (Å²) < 4.78 is 148. The number of hydrogen-bond acceptors (Lipinski definition) is 3. The standard InChI is InChI=1S/C39H37F6N3O2/c40-38(41,42)25-46-36(50)37(33-13-5-3-10-30(33)31-11-4-6-14-34(31)37)21-7-8-22-48-23-19-28(20-24-48)47-35(49)32-12-2-1-9-29(32)26-15-17-27(18-16-26)39(43,44)45/h1-6,9-18,28H,7-8,19-25H2,(H,46,50)(H,47,49)/i3D,4D,5D,6D,10D,11D,13D,14D. The van der Waals surface area contributed by atoms with Gasteiger partial charge in [-0.2, -0.15) is 26.3 Å². The van der Waals surface area contributed by atoms with Gasteiger partial charge in [-0.15, -0.1) is 0 Å². The second-order valence-corrected chi connectivity index (χ2v) is 12.4. The maximum absolute atomic E-state index is 14.1. The molecule has 0 unspecified atom stereocenters. The summed E-state index contributed by atoms with van der Waals surface area (Å²) >= 11 is 0. The van der Waals surface area contributed by atoms with E-state index in [1.165, 1.54) is 12.1 Å². The molecule has 4 aromatic rings. The second kappa shape index (κ2) is 14.3. The van der Waals surface area contributed by atoms with E-state index in [-0.39, 0.29) is 30.0 Å². The van der Waals surface area contributed by atoms with Gasteiger partial charge in [0.15, 0.2) is 0 Å². The number of halogens is 6. The van der Waals surface area contributed by atoms with E-state index in [1.54, 1.807) is 24.3 Å². The van der Waals surface area contributed by atoms with Crippen molar-refractivity contribution in [1.29, 1.82) is 0 Å². The van der Waals surface area contributed by atoms with Gasteiger partial charge in [-0.3, -0.25) is 9.59 Å². The summed E-state index contributed by atoms with van der Waals surface area (Å²) in [5.41, 5.74) is -3.46. The number of unbranched alkanes of at least 4 members (excludes halogenated alkanes) is 1. The average molecular weight is 702 g/mol. The maximum Gasteiger partial charge on any atom is 0.416 e. The topological polar surface area (TPSA) is 61.4 Å². The third-order valence-corrected chi connectivity index (χ3v) is 9.21. The van der Waals surface area contributed by atoms with Crippen molar-refractivity contribution in [3.8, 4) is 22.3 Å². The van der Waals surface area contributed by atoms with Crippen LogP contribution in [0, 0.1) is 0 Å². The molecule has 6 rings (SSSR count). The van der Waals surface area contributed by atoms with E-state index in [1.807, 2.05) is 5.32 Å². The molecule has 2 amide bonds. The van der Waals surface area contributed by atoms with Crippen molar-refractivity contribution in [3.63, 3.8) is 0 Å². The van der Waals surface area contributed by atoms with Crippen LogP contribution in [0.15, 0.2) is 96.9 Å². The SMILES string of the molecule is [2H]c1c([2H])c([2H])c2c(c1[2H])-c1c([2H])c([2H])c([2H])c([2H])c1C2(CCCCN1CCC(NC(=O)c2ccccc2-c2ccc(C(F)(F)F)cc2)CC1)C(=O)NCC(F)(F)F. The first-order valence-corrected chi connectivity index (χ1v) is 16.1. The molecular formula is C39H37F6N3O2. The third-order valence-electron chi connectivity index (χ3n) is 9.21. The number of hydrogen-bond donors (Lipinski definition) is 2. The number of amides is 2. The number of fused-ring (bicyclic) bond motifs is 3. The van der Waals surface area contributed by atoms with Gasteiger partial charge in [0.1, 0.15) is 12.0 Å². The first-order valence-electron chi connectivity index (χ1n) is 20.1. The molecule has 1 saturated heterocycles. The molecule has 1 heterocycles. The van der Waals surface area contributed by atoms with Gasteiger partial charge in [-0.1, -0.05) is 85.1 Å². The predicted molar refractivity (Wildman–Crippen MR) is 179 cm³/mol. The summed E-state index contributed by atoms with van der Waals surface area (Å²) in [5, 5.41) is 4.84. The molecular weight excluding hydrogens is 656 g/mol. The molecule has 1 fully saturated rings. The fourth-order valence-corrected chi connectivity index (χ4v) is 6.75. The molecule has 4 aromatic carbocycles. The van der Waals surface area contributed by atoms with Gasteiger partial charge in [0, 0.05) is 24.7 Å². The van der Waals surface area contributed by atoms with Gasteiger partial charge in [-0.25, -0.2) is 0 Å². The lowest BCUT2D eigenvalue weighted by molar-refractivity contribution is -0.141. The summed E-state index contributed by atoms with van der Waals surface area (Å²) in [4.78, 5) is 29.6. The van der Waals surface area contributed by atoms with Crippen molar-refractivity contribution in [2.75, 3.05) is 26.2 Å². The third kappa shape index (κ3) is 7.43. The minimum atomic E-state index is -4.87. The minimum Gasteiger partial charge on any atom is -0.349 e. The molecule has 0 bridgehead atoms. The lowest BCUT2D eigenvalue weighted by Gasteiger charge is -2.33. The van der Waals surface area contributed by atoms with Gasteiger partial charge in [-0.05, 0) is 83.8 Å². The molecule has 0 radical (unpaired) electrons. The van der Waals surface area contributed by atoms with Crippen LogP contribution in [0.3, 0.4) is 0 Å². The van der Waals surface area contributed by atoms with Gasteiger partial charge in [0.2, 0.25) is 5.91 Å². The van der Waals surface area contributed by atoms with E-state index < -0.39 is 101 Å². The van der Waals surface area contributed by atoms with E-state index in [2.05, 4.69) is 10.2 Å². The molecule has 2 N–H and O–H groups in total. The molecule has 262 valence electrons. The van der Waals surface area contributed by atoms with E-state index >= 15 is 0 Å². The normalized spacial score (nSPS) is 18.3. The molecule has 11 heteroatoms. The molecule has 5 nitrogen and oxygen atoms in total. The highest BCUT2D eigenvalue weighted by Gasteiger charge is 2.49. The van der Waals surface area contributed by atoms with E-state index in [4.69, 9.17) is 11.0 Å². The van der Waals surface area contributed by atoms with Crippen molar-refractivity contribution in [2.45, 2.75) is 55.9 Å². The zero-order valence-corrected chi connectivity index (χ0v) is 26.6. The number of benzene rings is 4. The molecule has 1 aliphatic carbocycles. The van der Waals surface area contributed by atoms with E-state index in [0.717, 1.165) is 12.1 Å². The van der Waals surface area contributed by atoms with Gasteiger partial charge in [0.05, 0.1) is 16.5 Å². The molecule has 0 spiro atoms. The molecule has 50 heavy (non-hydrogen) atoms. The Morgan fingerprint density at radius 1 is 0.800 bits per heavy atom. The van der Waals surface area contributed by atoms with Crippen LogP contribution in [-0.4, -0.2) is 55.1 Å². The monoisotopic (exact) mass is 701 g/mol. The average Bonchev–Trinajstić information content (AvgIpc) is 3.50. The number of carbonyl (C=O) groups is 2. The van der Waals surface area contributed by atoms with Gasteiger partial charge in [0.25, 0.3) is 5.91 Å². The lowest BCUT2D eigenvalue weighted by Crippen LogP contribution is -2.47. The largest absolute Gasteiger partial charge is 0.416 e. The lowest BCUT2D eigenvalue weighted by atomic mass is 9.73. The molecule has 1 aliphatic heterocycles. The number of likely N-dealkylation sites (tertiary alicyclic amines) is 1. The van der Waals surface area contributed by atoms with Crippen molar-refractivity contribution in [1.82, 2.24) is 15.5 Å². The highest BCUT2D eigenvalue weighted by molar-refractivity contribution is 6.01. The minimum absolute atomic E-state index is 0.0984. The Bertz CT molecular complexity index is 2190. The van der Waals surface area contributed by atoms with Gasteiger partial charge < -0.3 is 15.5 Å². The molecule has 0 saturated carbocycles. The Balaban J connectivity index is 1.18. The van der Waals surface area contributed by atoms with Crippen molar-refractivity contribution in [2.24, 2.45) is 0 Å². The first kappa shape index (κ1) is 26.2. The fraction of sp³-hybridized carbons (Fsp3) is 0.333. The summed E-state index contributed by atoms with van der Waals surface area (Å²) in [6, 6.07) is 4.98. The predicted octanol–water partition coefficient (Wildman–Crippen LogP) is 8.38. The Morgan fingerprint density at radius 3 is 2.00 bits per heavy atom. The van der Waals surface area contributed by atoms with Crippen LogP contribution in [0.1, 0.15) is 70.1 Å². The number of piperidine rings is 1. The zero-order valence-electron chi connectivity index (χ0n) is 34.6. The van der Waals surface area contributed by atoms with E-state index in [0.29, 0.717) is 55.6 Å². The van der Waals surface area contributed by atoms with Crippen LogP contribution in [-0.2, 0) is 16.4 Å². The van der Waals surface area contributed by atoms with E-state index in [9.17, 15) is 35.9 Å². The maximum atomic E-state index is 14.1. The van der Waals surface area contributed by atoms with Crippen LogP contribution in [0.25, 0.3) is 22.3 Å². The fourth-order valence-electron chi connectivity index (χ4n) is 6.75. The van der Waals surface area contributed by atoms with Crippen molar-refractivity contribution >= 4 is 11.8 Å². The quantitative estimate of drug-likeness (QED) is 0.129. The Kier molecular flexibility index (Phi) is 7.50.